The van der Waals surface area contributed by atoms with Crippen molar-refractivity contribution in [2.24, 2.45) is 4.99 Å². The molecule has 0 aliphatic heterocycles. The molecule has 0 spiro atoms. The van der Waals surface area contributed by atoms with E-state index in [0.29, 0.717) is 35.8 Å². The SMILES string of the molecule is CCOCCn1c(=NC(=O)c2ccc(NS(=O)(=O)c3ccccc3)cc2)sc2cc(OC)ccc21. The van der Waals surface area contributed by atoms with Gasteiger partial charge in [-0.15, -0.1) is 0 Å². The molecule has 1 heterocycles. The van der Waals surface area contributed by atoms with E-state index >= 15 is 0 Å². The number of carbonyl (C=O) groups is 1. The molecule has 35 heavy (non-hydrogen) atoms. The number of benzene rings is 3. The predicted octanol–water partition coefficient (Wildman–Crippen LogP) is 4.29. The standard InChI is InChI=1S/C25H25N3O5S2/c1-3-33-16-15-28-22-14-13-20(32-2)17-23(22)34-25(28)26-24(29)18-9-11-19(12-10-18)27-35(30,31)21-7-5-4-6-8-21/h4-14,17,27H,3,15-16H2,1-2H3. The Kier molecular flexibility index (Phi) is 7.64. The first kappa shape index (κ1) is 24.6. The van der Waals surface area contributed by atoms with E-state index in [2.05, 4.69) is 9.71 Å². The number of ether oxygens (including phenoxy) is 2. The lowest BCUT2D eigenvalue weighted by atomic mass is 10.2. The van der Waals surface area contributed by atoms with E-state index in [1.807, 2.05) is 29.7 Å². The van der Waals surface area contributed by atoms with Crippen molar-refractivity contribution in [2.75, 3.05) is 25.0 Å². The highest BCUT2D eigenvalue weighted by Crippen LogP contribution is 2.23. The predicted molar refractivity (Wildman–Crippen MR) is 136 cm³/mol. The van der Waals surface area contributed by atoms with Crippen LogP contribution in [0.15, 0.2) is 82.7 Å². The number of hydrogen-bond donors (Lipinski definition) is 1. The molecule has 0 atom stereocenters. The first-order valence-corrected chi connectivity index (χ1v) is 13.2. The van der Waals surface area contributed by atoms with Crippen LogP contribution in [-0.2, 0) is 21.3 Å². The fourth-order valence-corrected chi connectivity index (χ4v) is 5.59. The summed E-state index contributed by atoms with van der Waals surface area (Å²) in [6.45, 7) is 3.57. The molecule has 0 fully saturated rings. The molecule has 8 nitrogen and oxygen atoms in total. The van der Waals surface area contributed by atoms with Gasteiger partial charge in [-0.1, -0.05) is 29.5 Å². The van der Waals surface area contributed by atoms with Crippen molar-refractivity contribution in [2.45, 2.75) is 18.4 Å². The Morgan fingerprint density at radius 3 is 2.49 bits per heavy atom. The van der Waals surface area contributed by atoms with Crippen LogP contribution in [0.1, 0.15) is 17.3 Å². The van der Waals surface area contributed by atoms with Gasteiger partial charge in [-0.2, -0.15) is 4.99 Å². The summed E-state index contributed by atoms with van der Waals surface area (Å²) in [5, 5.41) is 0. The summed E-state index contributed by atoms with van der Waals surface area (Å²) in [7, 11) is -2.11. The normalized spacial score (nSPS) is 12.1. The van der Waals surface area contributed by atoms with Crippen molar-refractivity contribution in [1.29, 1.82) is 0 Å². The number of sulfonamides is 1. The third kappa shape index (κ3) is 5.79. The Labute approximate surface area is 207 Å². The average molecular weight is 512 g/mol. The summed E-state index contributed by atoms with van der Waals surface area (Å²) in [5.74, 6) is 0.299. The Morgan fingerprint density at radius 1 is 1.06 bits per heavy atom. The molecule has 1 amide bonds. The van der Waals surface area contributed by atoms with Crippen LogP contribution >= 0.6 is 11.3 Å². The topological polar surface area (TPSA) is 99.0 Å². The highest BCUT2D eigenvalue weighted by atomic mass is 32.2. The van der Waals surface area contributed by atoms with E-state index in [1.165, 1.54) is 23.5 Å². The highest BCUT2D eigenvalue weighted by molar-refractivity contribution is 7.92. The molecule has 1 aromatic heterocycles. The Hall–Kier alpha value is -3.47. The van der Waals surface area contributed by atoms with Crippen molar-refractivity contribution in [1.82, 2.24) is 4.57 Å². The molecular formula is C25H25N3O5S2. The minimum Gasteiger partial charge on any atom is -0.497 e. The zero-order chi connectivity index (χ0) is 24.8. The number of nitrogens with one attached hydrogen (secondary N) is 1. The number of rotatable bonds is 9. The van der Waals surface area contributed by atoms with Gasteiger partial charge >= 0.3 is 0 Å². The number of nitrogens with zero attached hydrogens (tertiary/aromatic N) is 2. The maximum atomic E-state index is 12.9. The number of thiazole rings is 1. The van der Waals surface area contributed by atoms with E-state index in [1.54, 1.807) is 49.6 Å². The van der Waals surface area contributed by atoms with Gasteiger partial charge < -0.3 is 14.0 Å². The van der Waals surface area contributed by atoms with Crippen LogP contribution in [-0.4, -0.2) is 39.2 Å². The number of aromatic nitrogens is 1. The fraction of sp³-hybridized carbons (Fsp3) is 0.200. The van der Waals surface area contributed by atoms with Gasteiger partial charge in [-0.05, 0) is 61.5 Å². The van der Waals surface area contributed by atoms with Crippen LogP contribution in [0.25, 0.3) is 10.2 Å². The molecule has 0 radical (unpaired) electrons. The lowest BCUT2D eigenvalue weighted by molar-refractivity contribution is 0.0996. The number of amides is 1. The van der Waals surface area contributed by atoms with Crippen LogP contribution in [0.3, 0.4) is 0 Å². The molecule has 182 valence electrons. The molecule has 0 saturated heterocycles. The summed E-state index contributed by atoms with van der Waals surface area (Å²) in [6.07, 6.45) is 0. The molecule has 10 heteroatoms. The number of anilines is 1. The maximum Gasteiger partial charge on any atom is 0.279 e. The molecule has 4 aromatic rings. The van der Waals surface area contributed by atoms with Crippen molar-refractivity contribution < 1.29 is 22.7 Å². The second-order valence-corrected chi connectivity index (χ2v) is 10.2. The quantitative estimate of drug-likeness (QED) is 0.338. The molecule has 4 rings (SSSR count). The van der Waals surface area contributed by atoms with Crippen molar-refractivity contribution in [3.05, 3.63) is 83.2 Å². The van der Waals surface area contributed by atoms with Gasteiger partial charge in [-0.3, -0.25) is 9.52 Å². The third-order valence-corrected chi connectivity index (χ3v) is 7.63. The largest absolute Gasteiger partial charge is 0.497 e. The van der Waals surface area contributed by atoms with E-state index in [9.17, 15) is 13.2 Å². The second-order valence-electron chi connectivity index (χ2n) is 7.48. The molecule has 0 unspecified atom stereocenters. The zero-order valence-corrected chi connectivity index (χ0v) is 20.9. The van der Waals surface area contributed by atoms with Crippen LogP contribution in [0.5, 0.6) is 5.75 Å². The van der Waals surface area contributed by atoms with E-state index in [4.69, 9.17) is 9.47 Å². The monoisotopic (exact) mass is 511 g/mol. The van der Waals surface area contributed by atoms with E-state index in [-0.39, 0.29) is 4.90 Å². The highest BCUT2D eigenvalue weighted by Gasteiger charge is 2.14. The average Bonchev–Trinajstić information content (AvgIpc) is 3.20. The van der Waals surface area contributed by atoms with Gasteiger partial charge in [0.15, 0.2) is 4.80 Å². The number of hydrogen-bond acceptors (Lipinski definition) is 6. The zero-order valence-electron chi connectivity index (χ0n) is 19.3. The second kappa shape index (κ2) is 10.9. The summed E-state index contributed by atoms with van der Waals surface area (Å²) in [6, 6.07) is 20.0. The summed E-state index contributed by atoms with van der Waals surface area (Å²) < 4.78 is 41.3. The molecule has 0 aliphatic rings. The molecule has 0 bridgehead atoms. The Morgan fingerprint density at radius 2 is 1.80 bits per heavy atom. The van der Waals surface area contributed by atoms with E-state index < -0.39 is 15.9 Å². The number of methoxy groups -OCH3 is 1. The first-order chi connectivity index (χ1) is 16.9. The molecule has 1 N–H and O–H groups in total. The van der Waals surface area contributed by atoms with Gasteiger partial charge in [0, 0.05) is 24.4 Å². The molecular weight excluding hydrogens is 486 g/mol. The molecule has 3 aromatic carbocycles. The smallest absolute Gasteiger partial charge is 0.279 e. The van der Waals surface area contributed by atoms with Gasteiger partial charge in [0.2, 0.25) is 0 Å². The first-order valence-electron chi connectivity index (χ1n) is 10.9. The van der Waals surface area contributed by atoms with Crippen LogP contribution < -0.4 is 14.3 Å². The Bertz CT molecular complexity index is 1490. The van der Waals surface area contributed by atoms with Gasteiger partial charge in [0.1, 0.15) is 5.75 Å². The van der Waals surface area contributed by atoms with Crippen LogP contribution in [0, 0.1) is 0 Å². The number of carbonyl (C=O) groups excluding carboxylic acids is 1. The maximum absolute atomic E-state index is 12.9. The minimum atomic E-state index is -3.71. The Balaban J connectivity index is 1.60. The summed E-state index contributed by atoms with van der Waals surface area (Å²) in [5.41, 5.74) is 1.64. The molecule has 0 saturated carbocycles. The van der Waals surface area contributed by atoms with Crippen LogP contribution in [0.2, 0.25) is 0 Å². The van der Waals surface area contributed by atoms with Crippen molar-refractivity contribution in [3.63, 3.8) is 0 Å². The third-order valence-electron chi connectivity index (χ3n) is 5.19. The summed E-state index contributed by atoms with van der Waals surface area (Å²) in [4.78, 5) is 18.0. The van der Waals surface area contributed by atoms with Crippen molar-refractivity contribution in [3.8, 4) is 5.75 Å². The van der Waals surface area contributed by atoms with Crippen molar-refractivity contribution >= 4 is 43.2 Å². The van der Waals surface area contributed by atoms with Gasteiger partial charge in [0.25, 0.3) is 15.9 Å². The fourth-order valence-electron chi connectivity index (χ4n) is 3.43. The van der Waals surface area contributed by atoms with E-state index in [0.717, 1.165) is 16.0 Å². The lowest BCUT2D eigenvalue weighted by Gasteiger charge is -2.08. The van der Waals surface area contributed by atoms with Crippen LogP contribution in [0.4, 0.5) is 5.69 Å². The number of fused-ring (bicyclic) bond motifs is 1. The minimum absolute atomic E-state index is 0.160. The van der Waals surface area contributed by atoms with Gasteiger partial charge in [-0.25, -0.2) is 8.42 Å². The van der Waals surface area contributed by atoms with Gasteiger partial charge in [0.05, 0.1) is 28.8 Å². The lowest BCUT2D eigenvalue weighted by Crippen LogP contribution is -2.19. The molecule has 0 aliphatic carbocycles. The summed E-state index contributed by atoms with van der Waals surface area (Å²) >= 11 is 1.39.